The van der Waals surface area contributed by atoms with Gasteiger partial charge in [-0.3, -0.25) is 9.48 Å². The molecule has 0 spiro atoms. The fourth-order valence-electron chi connectivity index (χ4n) is 2.26. The van der Waals surface area contributed by atoms with Gasteiger partial charge >= 0.3 is 0 Å². The van der Waals surface area contributed by atoms with Crippen LogP contribution in [-0.2, 0) is 13.6 Å². The summed E-state index contributed by atoms with van der Waals surface area (Å²) in [5.74, 6) is 0.571. The van der Waals surface area contributed by atoms with Crippen molar-refractivity contribution in [3.63, 3.8) is 0 Å². The van der Waals surface area contributed by atoms with E-state index in [1.165, 1.54) is 0 Å². The van der Waals surface area contributed by atoms with Gasteiger partial charge in [-0.2, -0.15) is 5.10 Å². The van der Waals surface area contributed by atoms with E-state index in [0.717, 1.165) is 11.3 Å². The molecule has 1 aromatic carbocycles. The van der Waals surface area contributed by atoms with Crippen LogP contribution in [0.2, 0.25) is 0 Å². The Balaban J connectivity index is 2.18. The Labute approximate surface area is 125 Å². The van der Waals surface area contributed by atoms with Crippen LogP contribution >= 0.6 is 0 Å². The lowest BCUT2D eigenvalue weighted by Gasteiger charge is -2.18. The second-order valence-electron chi connectivity index (χ2n) is 5.00. The summed E-state index contributed by atoms with van der Waals surface area (Å²) >= 11 is 0. The minimum absolute atomic E-state index is 0.0534. The summed E-state index contributed by atoms with van der Waals surface area (Å²) in [5.41, 5.74) is 2.57. The molecule has 0 saturated heterocycles. The first-order valence-corrected chi connectivity index (χ1v) is 6.99. The number of carbonyl (C=O) groups excluding carboxylic acids is 1. The minimum atomic E-state index is -0.0534. The first-order chi connectivity index (χ1) is 10.0. The van der Waals surface area contributed by atoms with Gasteiger partial charge in [-0.15, -0.1) is 0 Å². The van der Waals surface area contributed by atoms with Crippen LogP contribution in [0.5, 0.6) is 5.75 Å². The Morgan fingerprint density at radius 1 is 1.38 bits per heavy atom. The van der Waals surface area contributed by atoms with Crippen molar-refractivity contribution in [1.29, 1.82) is 0 Å². The van der Waals surface area contributed by atoms with Crippen molar-refractivity contribution in [1.82, 2.24) is 14.7 Å². The lowest BCUT2D eigenvalue weighted by Crippen LogP contribution is -2.26. The molecule has 0 unspecified atom stereocenters. The third-order valence-electron chi connectivity index (χ3n) is 3.29. The van der Waals surface area contributed by atoms with E-state index in [1.807, 2.05) is 45.3 Å². The largest absolute Gasteiger partial charge is 0.493 e. The van der Waals surface area contributed by atoms with Crippen molar-refractivity contribution >= 4 is 5.91 Å². The highest BCUT2D eigenvalue weighted by Crippen LogP contribution is 2.20. The summed E-state index contributed by atoms with van der Waals surface area (Å²) in [4.78, 5) is 14.3. The summed E-state index contributed by atoms with van der Waals surface area (Å²) in [7, 11) is 3.67. The first kappa shape index (κ1) is 15.1. The smallest absolute Gasteiger partial charge is 0.257 e. The molecule has 0 fully saturated rings. The summed E-state index contributed by atoms with van der Waals surface area (Å²) in [5, 5.41) is 4.30. The molecule has 0 saturated carbocycles. The molecule has 0 aliphatic carbocycles. The van der Waals surface area contributed by atoms with Crippen LogP contribution in [-0.4, -0.2) is 34.2 Å². The second kappa shape index (κ2) is 6.43. The number of nitrogens with zero attached hydrogens (tertiary/aromatic N) is 3. The maximum atomic E-state index is 12.6. The van der Waals surface area contributed by atoms with Gasteiger partial charge in [0.15, 0.2) is 0 Å². The zero-order chi connectivity index (χ0) is 15.4. The van der Waals surface area contributed by atoms with E-state index < -0.39 is 0 Å². The van der Waals surface area contributed by atoms with Crippen molar-refractivity contribution in [2.24, 2.45) is 7.05 Å². The number of benzene rings is 1. The fraction of sp³-hybridized carbons (Fsp3) is 0.375. The molecule has 5 nitrogen and oxygen atoms in total. The Bertz CT molecular complexity index is 634. The van der Waals surface area contributed by atoms with Gasteiger partial charge in [0.25, 0.3) is 5.91 Å². The van der Waals surface area contributed by atoms with Gasteiger partial charge in [0.2, 0.25) is 0 Å². The van der Waals surface area contributed by atoms with Crippen molar-refractivity contribution < 1.29 is 9.53 Å². The number of ether oxygens (including phenoxy) is 1. The van der Waals surface area contributed by atoms with Gasteiger partial charge in [0.05, 0.1) is 17.9 Å². The first-order valence-electron chi connectivity index (χ1n) is 6.99. The third-order valence-corrected chi connectivity index (χ3v) is 3.29. The quantitative estimate of drug-likeness (QED) is 0.848. The van der Waals surface area contributed by atoms with Crippen LogP contribution in [0.4, 0.5) is 0 Å². The molecule has 2 aromatic rings. The highest BCUT2D eigenvalue weighted by Gasteiger charge is 2.17. The number of aryl methyl sites for hydroxylation is 2. The molecule has 112 valence electrons. The molecule has 2 rings (SSSR count). The van der Waals surface area contributed by atoms with Crippen molar-refractivity contribution in [2.75, 3.05) is 13.7 Å². The molecule has 0 N–H and O–H groups in total. The van der Waals surface area contributed by atoms with Crippen LogP contribution in [0.15, 0.2) is 30.5 Å². The summed E-state index contributed by atoms with van der Waals surface area (Å²) in [6, 6.07) is 7.33. The lowest BCUT2D eigenvalue weighted by molar-refractivity contribution is 0.0780. The molecule has 21 heavy (non-hydrogen) atoms. The topological polar surface area (TPSA) is 47.4 Å². The molecule has 5 heteroatoms. The molecular weight excluding hydrogens is 266 g/mol. The van der Waals surface area contributed by atoms with Gasteiger partial charge < -0.3 is 9.64 Å². The molecule has 0 aliphatic heterocycles. The number of carbonyl (C=O) groups is 1. The van der Waals surface area contributed by atoms with E-state index in [9.17, 15) is 4.79 Å². The number of rotatable bonds is 5. The standard InChI is InChI=1S/C16H21N3O2/c1-5-21-15-9-7-6-8-14(15)16(20)18(3)10-13-11-19(4)17-12(13)2/h6-9,11H,5,10H2,1-4H3. The molecule has 0 radical (unpaired) electrons. The average Bonchev–Trinajstić information content (AvgIpc) is 2.77. The predicted molar refractivity (Wildman–Crippen MR) is 81.4 cm³/mol. The van der Waals surface area contributed by atoms with E-state index in [2.05, 4.69) is 5.10 Å². The molecule has 1 aromatic heterocycles. The van der Waals surface area contributed by atoms with Gasteiger partial charge in [-0.25, -0.2) is 0 Å². The zero-order valence-corrected chi connectivity index (χ0v) is 13.0. The van der Waals surface area contributed by atoms with Crippen LogP contribution in [0.1, 0.15) is 28.5 Å². The normalized spacial score (nSPS) is 10.5. The Morgan fingerprint density at radius 2 is 2.10 bits per heavy atom. The van der Waals surface area contributed by atoms with E-state index >= 15 is 0 Å². The predicted octanol–water partition coefficient (Wildman–Crippen LogP) is 2.40. The summed E-state index contributed by atoms with van der Waals surface area (Å²) in [6.45, 7) is 4.92. The van der Waals surface area contributed by atoms with Crippen molar-refractivity contribution in [2.45, 2.75) is 20.4 Å². The van der Waals surface area contributed by atoms with Gasteiger partial charge in [-0.1, -0.05) is 12.1 Å². The number of para-hydroxylation sites is 1. The van der Waals surface area contributed by atoms with E-state index in [0.29, 0.717) is 24.5 Å². The molecular formula is C16H21N3O2. The molecule has 0 atom stereocenters. The van der Waals surface area contributed by atoms with E-state index in [-0.39, 0.29) is 5.91 Å². The highest BCUT2D eigenvalue weighted by molar-refractivity contribution is 5.96. The summed E-state index contributed by atoms with van der Waals surface area (Å²) < 4.78 is 7.28. The molecule has 0 aliphatic rings. The highest BCUT2D eigenvalue weighted by atomic mass is 16.5. The van der Waals surface area contributed by atoms with Crippen molar-refractivity contribution in [3.8, 4) is 5.75 Å². The second-order valence-corrected chi connectivity index (χ2v) is 5.00. The van der Waals surface area contributed by atoms with E-state index in [1.54, 1.807) is 22.7 Å². The molecule has 1 heterocycles. The number of aromatic nitrogens is 2. The zero-order valence-electron chi connectivity index (χ0n) is 13.0. The maximum Gasteiger partial charge on any atom is 0.257 e. The average molecular weight is 287 g/mol. The minimum Gasteiger partial charge on any atom is -0.493 e. The number of amides is 1. The number of hydrogen-bond donors (Lipinski definition) is 0. The molecule has 1 amide bonds. The third kappa shape index (κ3) is 3.42. The Kier molecular flexibility index (Phi) is 4.62. The van der Waals surface area contributed by atoms with Crippen LogP contribution in [0, 0.1) is 6.92 Å². The van der Waals surface area contributed by atoms with E-state index in [4.69, 9.17) is 4.74 Å². The Morgan fingerprint density at radius 3 is 2.71 bits per heavy atom. The SMILES string of the molecule is CCOc1ccccc1C(=O)N(C)Cc1cn(C)nc1C. The lowest BCUT2D eigenvalue weighted by atomic mass is 10.1. The van der Waals surface area contributed by atoms with Crippen LogP contribution < -0.4 is 4.74 Å². The van der Waals surface area contributed by atoms with Gasteiger partial charge in [0, 0.05) is 32.4 Å². The fourth-order valence-corrected chi connectivity index (χ4v) is 2.26. The van der Waals surface area contributed by atoms with Crippen LogP contribution in [0.25, 0.3) is 0 Å². The Hall–Kier alpha value is -2.30. The monoisotopic (exact) mass is 287 g/mol. The molecule has 0 bridgehead atoms. The van der Waals surface area contributed by atoms with Crippen molar-refractivity contribution in [3.05, 3.63) is 47.3 Å². The van der Waals surface area contributed by atoms with Gasteiger partial charge in [0.1, 0.15) is 5.75 Å². The van der Waals surface area contributed by atoms with Gasteiger partial charge in [-0.05, 0) is 26.0 Å². The van der Waals surface area contributed by atoms with Crippen LogP contribution in [0.3, 0.4) is 0 Å². The summed E-state index contributed by atoms with van der Waals surface area (Å²) in [6.07, 6.45) is 1.94. The maximum absolute atomic E-state index is 12.6. The number of hydrogen-bond acceptors (Lipinski definition) is 3.